The van der Waals surface area contributed by atoms with Crippen molar-refractivity contribution in [2.45, 2.75) is 103 Å². The predicted molar refractivity (Wildman–Crippen MR) is 122 cm³/mol. The van der Waals surface area contributed by atoms with Gasteiger partial charge in [-0.05, 0) is 27.1 Å². The number of hydrogen-bond acceptors (Lipinski definition) is 1. The van der Waals surface area contributed by atoms with Gasteiger partial charge >= 0.3 is 0 Å². The molecule has 0 fully saturated rings. The van der Waals surface area contributed by atoms with Crippen LogP contribution < -0.4 is 18.1 Å². The van der Waals surface area contributed by atoms with Crippen LogP contribution in [0.1, 0.15) is 102 Å². The van der Waals surface area contributed by atoms with E-state index in [1.54, 1.807) is 0 Å². The molecule has 1 aromatic rings. The van der Waals surface area contributed by atoms with E-state index in [4.69, 9.17) is 0 Å². The quantitative estimate of drug-likeness (QED) is 0.414. The van der Waals surface area contributed by atoms with E-state index in [0.717, 1.165) is 6.54 Å². The van der Waals surface area contributed by atoms with Gasteiger partial charge in [-0.1, -0.05) is 121 Å². The highest BCUT2D eigenvalue weighted by Gasteiger charge is 1.94. The Morgan fingerprint density at radius 2 is 1.04 bits per heavy atom. The molecule has 2 nitrogen and oxygen atoms in total. The SMILES string of the molecule is CCCCCCCCCCCCCCCCN(C)C.[Cl-].[NH3+]Cc1ccccc1. The van der Waals surface area contributed by atoms with Gasteiger partial charge in [0.05, 0.1) is 6.54 Å². The van der Waals surface area contributed by atoms with Crippen LogP contribution in [0.2, 0.25) is 0 Å². The summed E-state index contributed by atoms with van der Waals surface area (Å²) in [4.78, 5) is 2.29. The van der Waals surface area contributed by atoms with Gasteiger partial charge in [0.15, 0.2) is 0 Å². The summed E-state index contributed by atoms with van der Waals surface area (Å²) >= 11 is 0. The zero-order valence-corrected chi connectivity index (χ0v) is 20.0. The molecule has 0 saturated heterocycles. The molecule has 0 spiro atoms. The molecular weight excluding hydrogens is 364 g/mol. The first-order valence-electron chi connectivity index (χ1n) is 11.7. The predicted octanol–water partition coefficient (Wildman–Crippen LogP) is 3.46. The molecule has 0 saturated carbocycles. The smallest absolute Gasteiger partial charge is 0.0997 e. The van der Waals surface area contributed by atoms with Crippen LogP contribution in [0, 0.1) is 0 Å². The molecule has 3 heteroatoms. The average Bonchev–Trinajstić information content (AvgIpc) is 2.69. The Bertz CT molecular complexity index is 381. The third-order valence-corrected chi connectivity index (χ3v) is 5.09. The minimum Gasteiger partial charge on any atom is -1.00 e. The number of hydrogen-bond donors (Lipinski definition) is 1. The van der Waals surface area contributed by atoms with Crippen LogP contribution in [0.3, 0.4) is 0 Å². The Labute approximate surface area is 183 Å². The van der Waals surface area contributed by atoms with Crippen LogP contribution in [-0.2, 0) is 6.54 Å². The van der Waals surface area contributed by atoms with Gasteiger partial charge in [-0.2, -0.15) is 0 Å². The van der Waals surface area contributed by atoms with Crippen LogP contribution in [0.4, 0.5) is 0 Å². The molecule has 0 bridgehead atoms. The molecule has 0 amide bonds. The molecule has 166 valence electrons. The van der Waals surface area contributed by atoms with Crippen LogP contribution in [0.15, 0.2) is 30.3 Å². The molecule has 0 atom stereocenters. The van der Waals surface area contributed by atoms with Gasteiger partial charge in [-0.25, -0.2) is 0 Å². The van der Waals surface area contributed by atoms with Gasteiger partial charge in [-0.3, -0.25) is 0 Å². The number of unbranched alkanes of at least 4 members (excludes halogenated alkanes) is 13. The molecule has 0 heterocycles. The minimum absolute atomic E-state index is 0. The van der Waals surface area contributed by atoms with Crippen molar-refractivity contribution in [2.75, 3.05) is 20.6 Å². The lowest BCUT2D eigenvalue weighted by molar-refractivity contribution is -0.386. The number of quaternary nitrogens is 1. The minimum atomic E-state index is 0. The van der Waals surface area contributed by atoms with E-state index in [2.05, 4.69) is 43.8 Å². The van der Waals surface area contributed by atoms with Crippen molar-refractivity contribution in [3.8, 4) is 0 Å². The number of halogens is 1. The highest BCUT2D eigenvalue weighted by molar-refractivity contribution is 5.12. The number of rotatable bonds is 16. The van der Waals surface area contributed by atoms with Gasteiger partial charge in [0.2, 0.25) is 0 Å². The topological polar surface area (TPSA) is 30.9 Å². The highest BCUT2D eigenvalue weighted by Crippen LogP contribution is 2.12. The van der Waals surface area contributed by atoms with E-state index >= 15 is 0 Å². The lowest BCUT2D eigenvalue weighted by Gasteiger charge is -2.08. The van der Waals surface area contributed by atoms with E-state index in [9.17, 15) is 0 Å². The second kappa shape index (κ2) is 24.5. The zero-order chi connectivity index (χ0) is 20.0. The highest BCUT2D eigenvalue weighted by atomic mass is 35.5. The van der Waals surface area contributed by atoms with Gasteiger partial charge in [0.25, 0.3) is 0 Å². The summed E-state index contributed by atoms with van der Waals surface area (Å²) in [7, 11) is 4.34. The Morgan fingerprint density at radius 1 is 0.643 bits per heavy atom. The Morgan fingerprint density at radius 3 is 1.36 bits per heavy atom. The molecule has 1 aromatic carbocycles. The Hall–Kier alpha value is -0.570. The third kappa shape index (κ3) is 23.5. The molecule has 3 N–H and O–H groups in total. The van der Waals surface area contributed by atoms with Crippen molar-refractivity contribution in [3.05, 3.63) is 35.9 Å². The molecule has 0 radical (unpaired) electrons. The maximum absolute atomic E-state index is 3.76. The molecule has 0 aliphatic rings. The van der Waals surface area contributed by atoms with Crippen molar-refractivity contribution in [1.29, 1.82) is 0 Å². The largest absolute Gasteiger partial charge is 1.00 e. The standard InChI is InChI=1S/C18H39N.C7H9N.ClH/c1-4-5-6-7-8-9-10-11-12-13-14-15-16-17-18-19(2)3;8-6-7-4-2-1-3-5-7;/h4-18H2,1-3H3;1-5H,6,8H2;1H. The van der Waals surface area contributed by atoms with Crippen LogP contribution in [0.25, 0.3) is 0 Å². The number of nitrogens with zero attached hydrogens (tertiary/aromatic N) is 1. The summed E-state index contributed by atoms with van der Waals surface area (Å²) in [5.41, 5.74) is 5.05. The van der Waals surface area contributed by atoms with Crippen molar-refractivity contribution in [1.82, 2.24) is 4.90 Å². The first-order chi connectivity index (χ1) is 13.2. The maximum atomic E-state index is 3.76. The van der Waals surface area contributed by atoms with Crippen LogP contribution >= 0.6 is 0 Å². The van der Waals surface area contributed by atoms with Crippen LogP contribution in [-0.4, -0.2) is 25.5 Å². The second-order valence-electron chi connectivity index (χ2n) is 8.14. The van der Waals surface area contributed by atoms with Gasteiger partial charge < -0.3 is 23.0 Å². The van der Waals surface area contributed by atoms with Crippen molar-refractivity contribution in [3.63, 3.8) is 0 Å². The summed E-state index contributed by atoms with van der Waals surface area (Å²) in [5.74, 6) is 0. The summed E-state index contributed by atoms with van der Waals surface area (Å²) in [6, 6.07) is 10.2. The Kier molecular flexibility index (Phi) is 25.9. The lowest BCUT2D eigenvalue weighted by Crippen LogP contribution is -3.00. The van der Waals surface area contributed by atoms with Crippen LogP contribution in [0.5, 0.6) is 0 Å². The van der Waals surface area contributed by atoms with Crippen molar-refractivity contribution < 1.29 is 18.1 Å². The zero-order valence-electron chi connectivity index (χ0n) is 19.2. The molecule has 0 aliphatic heterocycles. The monoisotopic (exact) mass is 412 g/mol. The normalized spacial score (nSPS) is 10.3. The van der Waals surface area contributed by atoms with E-state index in [-0.39, 0.29) is 12.4 Å². The second-order valence-corrected chi connectivity index (χ2v) is 8.14. The number of benzene rings is 1. The van der Waals surface area contributed by atoms with Gasteiger partial charge in [0, 0.05) is 5.56 Å². The van der Waals surface area contributed by atoms with E-state index < -0.39 is 0 Å². The first kappa shape index (κ1) is 29.6. The van der Waals surface area contributed by atoms with Gasteiger partial charge in [0.1, 0.15) is 0 Å². The van der Waals surface area contributed by atoms with E-state index in [1.807, 2.05) is 18.2 Å². The average molecular weight is 413 g/mol. The maximum Gasteiger partial charge on any atom is 0.0997 e. The van der Waals surface area contributed by atoms with Gasteiger partial charge in [-0.15, -0.1) is 0 Å². The van der Waals surface area contributed by atoms with E-state index in [1.165, 1.54) is 102 Å². The molecule has 28 heavy (non-hydrogen) atoms. The lowest BCUT2D eigenvalue weighted by atomic mass is 10.0. The molecule has 0 unspecified atom stereocenters. The first-order valence-corrected chi connectivity index (χ1v) is 11.7. The fourth-order valence-electron chi connectivity index (χ4n) is 3.27. The fraction of sp³-hybridized carbons (Fsp3) is 0.760. The molecule has 0 aromatic heterocycles. The summed E-state index contributed by atoms with van der Waals surface area (Å²) in [5, 5.41) is 0. The Balaban J connectivity index is 0. The fourth-order valence-corrected chi connectivity index (χ4v) is 3.27. The molecule has 0 aliphatic carbocycles. The molecule has 1 rings (SSSR count). The van der Waals surface area contributed by atoms with E-state index in [0.29, 0.717) is 0 Å². The third-order valence-electron chi connectivity index (χ3n) is 5.09. The summed E-state index contributed by atoms with van der Waals surface area (Å²) < 4.78 is 0. The summed E-state index contributed by atoms with van der Waals surface area (Å²) in [6.45, 7) is 4.44. The van der Waals surface area contributed by atoms with Crippen molar-refractivity contribution >= 4 is 0 Å². The summed E-state index contributed by atoms with van der Waals surface area (Å²) in [6.07, 6.45) is 20.3. The molecular formula is C25H49ClN2. The van der Waals surface area contributed by atoms with Crippen molar-refractivity contribution in [2.24, 2.45) is 0 Å².